The van der Waals surface area contributed by atoms with Gasteiger partial charge in [0.2, 0.25) is 0 Å². The van der Waals surface area contributed by atoms with Gasteiger partial charge in [0.15, 0.2) is 17.9 Å². The van der Waals surface area contributed by atoms with Crippen molar-refractivity contribution in [1.29, 1.82) is 0 Å². The van der Waals surface area contributed by atoms with Crippen LogP contribution < -0.4 is 4.90 Å². The van der Waals surface area contributed by atoms with Gasteiger partial charge in [-0.3, -0.25) is 4.79 Å². The van der Waals surface area contributed by atoms with E-state index in [0.717, 1.165) is 18.9 Å². The van der Waals surface area contributed by atoms with Crippen LogP contribution in [0.3, 0.4) is 0 Å². The van der Waals surface area contributed by atoms with Crippen LogP contribution in [0.4, 0.5) is 5.88 Å². The molecule has 1 aliphatic rings. The lowest BCUT2D eigenvalue weighted by Gasteiger charge is -2.22. The Labute approximate surface area is 88.8 Å². The maximum Gasteiger partial charge on any atom is 0.196 e. The molecule has 4 nitrogen and oxygen atoms in total. The van der Waals surface area contributed by atoms with E-state index >= 15 is 0 Å². The highest BCUT2D eigenvalue weighted by atomic mass is 16.5. The number of aldehydes is 1. The van der Waals surface area contributed by atoms with Gasteiger partial charge in [0.25, 0.3) is 0 Å². The van der Waals surface area contributed by atoms with E-state index in [4.69, 9.17) is 9.15 Å². The van der Waals surface area contributed by atoms with Gasteiger partial charge in [-0.2, -0.15) is 0 Å². The summed E-state index contributed by atoms with van der Waals surface area (Å²) in [7, 11) is 1.96. The summed E-state index contributed by atoms with van der Waals surface area (Å²) in [6, 6.07) is 3.83. The highest BCUT2D eigenvalue weighted by Gasteiger charge is 2.26. The smallest absolute Gasteiger partial charge is 0.196 e. The number of ether oxygens (including phenoxy) is 1. The van der Waals surface area contributed by atoms with E-state index < -0.39 is 0 Å². The van der Waals surface area contributed by atoms with Crippen molar-refractivity contribution in [1.82, 2.24) is 0 Å². The molecule has 1 aromatic heterocycles. The Morgan fingerprint density at radius 1 is 1.53 bits per heavy atom. The van der Waals surface area contributed by atoms with Crippen LogP contribution in [-0.4, -0.2) is 32.1 Å². The molecule has 0 aromatic carbocycles. The van der Waals surface area contributed by atoms with E-state index in [-0.39, 0.29) is 0 Å². The lowest BCUT2D eigenvalue weighted by atomic mass is 10.2. The van der Waals surface area contributed by atoms with E-state index in [2.05, 4.69) is 6.92 Å². The molecule has 0 spiro atoms. The fourth-order valence-corrected chi connectivity index (χ4v) is 1.84. The minimum absolute atomic E-state index is 0.304. The standard InChI is InChI=1S/C11H15NO3/c1-8-5-9(7-14-8)12(2)11-4-3-10(6-13)15-11/h3-4,6,8-9H,5,7H2,1-2H3. The molecule has 1 saturated heterocycles. The summed E-state index contributed by atoms with van der Waals surface area (Å²) >= 11 is 0. The molecule has 4 heteroatoms. The lowest BCUT2D eigenvalue weighted by molar-refractivity contribution is 0.110. The van der Waals surface area contributed by atoms with Gasteiger partial charge in [-0.25, -0.2) is 0 Å². The minimum Gasteiger partial charge on any atom is -0.438 e. The van der Waals surface area contributed by atoms with Crippen molar-refractivity contribution >= 4 is 12.2 Å². The predicted molar refractivity (Wildman–Crippen MR) is 56.3 cm³/mol. The molecule has 0 saturated carbocycles. The number of carbonyl (C=O) groups excluding carboxylic acids is 1. The molecule has 1 fully saturated rings. The Morgan fingerprint density at radius 3 is 2.87 bits per heavy atom. The number of hydrogen-bond acceptors (Lipinski definition) is 4. The van der Waals surface area contributed by atoms with Crippen molar-refractivity contribution in [2.75, 3.05) is 18.6 Å². The Hall–Kier alpha value is -1.29. The van der Waals surface area contributed by atoms with E-state index in [1.807, 2.05) is 18.0 Å². The molecular weight excluding hydrogens is 194 g/mol. The maximum absolute atomic E-state index is 10.5. The topological polar surface area (TPSA) is 42.7 Å². The highest BCUT2D eigenvalue weighted by Crippen LogP contribution is 2.24. The number of likely N-dealkylation sites (N-methyl/N-ethyl adjacent to an activating group) is 1. The summed E-state index contributed by atoms with van der Waals surface area (Å²) in [6.45, 7) is 2.78. The second-order valence-electron chi connectivity index (χ2n) is 3.94. The molecule has 0 aliphatic carbocycles. The minimum atomic E-state index is 0.304. The number of furan rings is 1. The largest absolute Gasteiger partial charge is 0.438 e. The molecule has 0 N–H and O–H groups in total. The summed E-state index contributed by atoms with van der Waals surface area (Å²) < 4.78 is 10.8. The molecule has 0 bridgehead atoms. The fraction of sp³-hybridized carbons (Fsp3) is 0.545. The van der Waals surface area contributed by atoms with Crippen molar-refractivity contribution in [2.45, 2.75) is 25.5 Å². The highest BCUT2D eigenvalue weighted by molar-refractivity contribution is 5.71. The average molecular weight is 209 g/mol. The van der Waals surface area contributed by atoms with E-state index in [0.29, 0.717) is 24.2 Å². The molecule has 2 unspecified atom stereocenters. The zero-order chi connectivity index (χ0) is 10.8. The van der Waals surface area contributed by atoms with E-state index in [1.54, 1.807) is 6.07 Å². The van der Waals surface area contributed by atoms with Gasteiger partial charge in [0, 0.05) is 13.1 Å². The van der Waals surface area contributed by atoms with E-state index in [9.17, 15) is 4.79 Å². The van der Waals surface area contributed by atoms with Crippen molar-refractivity contribution in [3.05, 3.63) is 17.9 Å². The molecule has 1 aliphatic heterocycles. The number of nitrogens with zero attached hydrogens (tertiary/aromatic N) is 1. The third-order valence-corrected chi connectivity index (χ3v) is 2.80. The summed E-state index contributed by atoms with van der Waals surface area (Å²) in [5, 5.41) is 0. The van der Waals surface area contributed by atoms with Crippen LogP contribution >= 0.6 is 0 Å². The fourth-order valence-electron chi connectivity index (χ4n) is 1.84. The van der Waals surface area contributed by atoms with Gasteiger partial charge in [-0.05, 0) is 19.4 Å². The van der Waals surface area contributed by atoms with Gasteiger partial charge < -0.3 is 14.1 Å². The normalized spacial score (nSPS) is 25.5. The Morgan fingerprint density at radius 2 is 2.33 bits per heavy atom. The van der Waals surface area contributed by atoms with Crippen molar-refractivity contribution in [3.8, 4) is 0 Å². The Balaban J connectivity index is 2.06. The van der Waals surface area contributed by atoms with Gasteiger partial charge in [0.05, 0.1) is 18.8 Å². The van der Waals surface area contributed by atoms with Gasteiger partial charge in [0.1, 0.15) is 0 Å². The first-order valence-corrected chi connectivity index (χ1v) is 5.10. The Bertz CT molecular complexity index is 347. The molecule has 2 atom stereocenters. The second kappa shape index (κ2) is 4.06. The van der Waals surface area contributed by atoms with Crippen LogP contribution in [0.25, 0.3) is 0 Å². The molecule has 1 aromatic rings. The third kappa shape index (κ3) is 2.04. The van der Waals surface area contributed by atoms with E-state index in [1.165, 1.54) is 0 Å². The van der Waals surface area contributed by atoms with Crippen molar-refractivity contribution < 1.29 is 13.9 Å². The average Bonchev–Trinajstić information content (AvgIpc) is 2.84. The molecule has 0 radical (unpaired) electrons. The molecular formula is C11H15NO3. The second-order valence-corrected chi connectivity index (χ2v) is 3.94. The van der Waals surface area contributed by atoms with Crippen molar-refractivity contribution in [2.24, 2.45) is 0 Å². The maximum atomic E-state index is 10.5. The first-order valence-electron chi connectivity index (χ1n) is 5.10. The first-order chi connectivity index (χ1) is 7.20. The summed E-state index contributed by atoms with van der Waals surface area (Å²) in [5.41, 5.74) is 0. The number of carbonyl (C=O) groups is 1. The number of hydrogen-bond donors (Lipinski definition) is 0. The SMILES string of the molecule is CC1CC(N(C)c2ccc(C=O)o2)CO1. The molecule has 15 heavy (non-hydrogen) atoms. The van der Waals surface area contributed by atoms with Gasteiger partial charge in [-0.1, -0.05) is 0 Å². The van der Waals surface area contributed by atoms with Crippen molar-refractivity contribution in [3.63, 3.8) is 0 Å². The molecule has 0 amide bonds. The molecule has 82 valence electrons. The third-order valence-electron chi connectivity index (χ3n) is 2.80. The van der Waals surface area contributed by atoms with Crippen LogP contribution in [0.2, 0.25) is 0 Å². The summed E-state index contributed by atoms with van der Waals surface area (Å²) in [6.07, 6.45) is 2.01. The summed E-state index contributed by atoms with van der Waals surface area (Å²) in [5.74, 6) is 1.09. The lowest BCUT2D eigenvalue weighted by Crippen LogP contribution is -2.31. The molecule has 2 heterocycles. The van der Waals surface area contributed by atoms with Crippen LogP contribution in [0.5, 0.6) is 0 Å². The Kier molecular flexibility index (Phi) is 2.77. The molecule has 2 rings (SSSR count). The van der Waals surface area contributed by atoms with Crippen LogP contribution in [0.15, 0.2) is 16.5 Å². The zero-order valence-electron chi connectivity index (χ0n) is 8.97. The quantitative estimate of drug-likeness (QED) is 0.711. The number of anilines is 1. The van der Waals surface area contributed by atoms with Gasteiger partial charge >= 0.3 is 0 Å². The van der Waals surface area contributed by atoms with Crippen LogP contribution in [0, 0.1) is 0 Å². The van der Waals surface area contributed by atoms with Crippen LogP contribution in [0.1, 0.15) is 23.9 Å². The number of rotatable bonds is 3. The predicted octanol–water partition coefficient (Wildman–Crippen LogP) is 1.71. The zero-order valence-corrected chi connectivity index (χ0v) is 8.97. The first kappa shape index (κ1) is 10.2. The monoisotopic (exact) mass is 209 g/mol. The summed E-state index contributed by atoms with van der Waals surface area (Å²) in [4.78, 5) is 12.5. The van der Waals surface area contributed by atoms with Crippen LogP contribution in [-0.2, 0) is 4.74 Å². The van der Waals surface area contributed by atoms with Gasteiger partial charge in [-0.15, -0.1) is 0 Å².